The minimum atomic E-state index is -3.57. The maximum atomic E-state index is 13.0. The van der Waals surface area contributed by atoms with E-state index < -0.39 is 10.0 Å². The number of likely N-dealkylation sites (tertiary alicyclic amines) is 1. The number of fused-ring (bicyclic) bond motifs is 1. The number of benzene rings is 2. The van der Waals surface area contributed by atoms with Crippen molar-refractivity contribution in [3.05, 3.63) is 54.6 Å². The third kappa shape index (κ3) is 2.93. The van der Waals surface area contributed by atoms with Crippen molar-refractivity contribution < 1.29 is 13.2 Å². The molecular weight excluding hydrogens is 348 g/mol. The van der Waals surface area contributed by atoms with Crippen molar-refractivity contribution in [2.45, 2.75) is 11.3 Å². The summed E-state index contributed by atoms with van der Waals surface area (Å²) in [5, 5.41) is 0. The zero-order valence-corrected chi connectivity index (χ0v) is 15.5. The lowest BCUT2D eigenvalue weighted by Crippen LogP contribution is -2.42. The molecule has 1 amide bonds. The highest BCUT2D eigenvalue weighted by atomic mass is 32.2. The summed E-state index contributed by atoms with van der Waals surface area (Å²) < 4.78 is 27.5. The fourth-order valence-electron chi connectivity index (χ4n) is 3.95. The van der Waals surface area contributed by atoms with Crippen molar-refractivity contribution in [1.29, 1.82) is 0 Å². The van der Waals surface area contributed by atoms with Crippen LogP contribution in [0.3, 0.4) is 0 Å². The van der Waals surface area contributed by atoms with Crippen LogP contribution in [-0.2, 0) is 14.8 Å². The molecule has 6 heteroatoms. The molecule has 0 aliphatic carbocycles. The van der Waals surface area contributed by atoms with E-state index in [4.69, 9.17) is 0 Å². The van der Waals surface area contributed by atoms with Gasteiger partial charge in [-0.3, -0.25) is 4.79 Å². The Morgan fingerprint density at radius 2 is 1.58 bits per heavy atom. The zero-order valence-electron chi connectivity index (χ0n) is 14.7. The van der Waals surface area contributed by atoms with Crippen LogP contribution in [0.2, 0.25) is 0 Å². The number of carbonyl (C=O) groups excluding carboxylic acids is 1. The molecule has 2 saturated heterocycles. The quantitative estimate of drug-likeness (QED) is 0.834. The lowest BCUT2D eigenvalue weighted by molar-refractivity contribution is -0.137. The van der Waals surface area contributed by atoms with Crippen LogP contribution in [0.15, 0.2) is 59.5 Å². The van der Waals surface area contributed by atoms with Gasteiger partial charge in [0.1, 0.15) is 0 Å². The molecule has 2 aliphatic heterocycles. The van der Waals surface area contributed by atoms with Gasteiger partial charge in [0.2, 0.25) is 15.9 Å². The second-order valence-corrected chi connectivity index (χ2v) is 9.07. The van der Waals surface area contributed by atoms with Crippen molar-refractivity contribution in [3.63, 3.8) is 0 Å². The summed E-state index contributed by atoms with van der Waals surface area (Å²) in [6.45, 7) is 1.43. The molecule has 136 valence electrons. The van der Waals surface area contributed by atoms with Gasteiger partial charge < -0.3 is 4.90 Å². The maximum Gasteiger partial charge on any atom is 0.243 e. The molecule has 2 heterocycles. The largest absolute Gasteiger partial charge is 0.345 e. The topological polar surface area (TPSA) is 57.7 Å². The Kier molecular flexibility index (Phi) is 4.32. The van der Waals surface area contributed by atoms with Gasteiger partial charge >= 0.3 is 0 Å². The van der Waals surface area contributed by atoms with Crippen LogP contribution in [-0.4, -0.2) is 50.2 Å². The first-order chi connectivity index (χ1) is 12.5. The number of rotatable bonds is 3. The van der Waals surface area contributed by atoms with Crippen LogP contribution in [0.1, 0.15) is 6.42 Å². The van der Waals surface area contributed by atoms with Gasteiger partial charge in [-0.2, -0.15) is 4.31 Å². The Balaban J connectivity index is 1.57. The summed E-state index contributed by atoms with van der Waals surface area (Å²) in [5.41, 5.74) is 2.04. The second-order valence-electron chi connectivity index (χ2n) is 7.13. The highest BCUT2D eigenvalue weighted by Gasteiger charge is 2.45. The van der Waals surface area contributed by atoms with E-state index in [1.807, 2.05) is 42.5 Å². The predicted molar refractivity (Wildman–Crippen MR) is 99.9 cm³/mol. The minimum absolute atomic E-state index is 0.0679. The Morgan fingerprint density at radius 1 is 0.923 bits per heavy atom. The van der Waals surface area contributed by atoms with Crippen molar-refractivity contribution in [2.75, 3.05) is 26.7 Å². The van der Waals surface area contributed by atoms with Crippen LogP contribution in [0.4, 0.5) is 0 Å². The Hall–Kier alpha value is -2.18. The molecule has 2 fully saturated rings. The molecule has 2 atom stereocenters. The standard InChI is InChI=1S/C20H22N2O3S/c1-21-12-11-17-13-22(14-19(17)20(21)23)26(24,25)18-9-7-16(8-10-18)15-5-3-2-4-6-15/h2-10,17,19H,11-14H2,1H3/t17-,19+/m1/s1. The van der Waals surface area contributed by atoms with Crippen LogP contribution in [0.25, 0.3) is 11.1 Å². The van der Waals surface area contributed by atoms with Gasteiger partial charge in [-0.05, 0) is 35.6 Å². The second kappa shape index (κ2) is 6.52. The van der Waals surface area contributed by atoms with Gasteiger partial charge in [0.15, 0.2) is 0 Å². The van der Waals surface area contributed by atoms with Gasteiger partial charge in [-0.1, -0.05) is 42.5 Å². The zero-order chi connectivity index (χ0) is 18.3. The predicted octanol–water partition coefficient (Wildman–Crippen LogP) is 2.45. The summed E-state index contributed by atoms with van der Waals surface area (Å²) in [5.74, 6) is 0.00237. The van der Waals surface area contributed by atoms with E-state index in [9.17, 15) is 13.2 Å². The summed E-state index contributed by atoms with van der Waals surface area (Å²) in [4.78, 5) is 14.3. The number of hydrogen-bond acceptors (Lipinski definition) is 3. The van der Waals surface area contributed by atoms with Crippen LogP contribution < -0.4 is 0 Å². The third-order valence-electron chi connectivity index (χ3n) is 5.54. The van der Waals surface area contributed by atoms with E-state index in [1.54, 1.807) is 24.1 Å². The molecule has 0 spiro atoms. The maximum absolute atomic E-state index is 13.0. The highest BCUT2D eigenvalue weighted by Crippen LogP contribution is 2.35. The average Bonchev–Trinajstić information content (AvgIpc) is 3.12. The smallest absolute Gasteiger partial charge is 0.243 e. The van der Waals surface area contributed by atoms with Crippen LogP contribution >= 0.6 is 0 Å². The summed E-state index contributed by atoms with van der Waals surface area (Å²) in [6.07, 6.45) is 0.867. The van der Waals surface area contributed by atoms with E-state index in [1.165, 1.54) is 4.31 Å². The number of nitrogens with zero attached hydrogens (tertiary/aromatic N) is 2. The van der Waals surface area contributed by atoms with E-state index in [0.717, 1.165) is 17.5 Å². The number of carbonyl (C=O) groups is 1. The summed E-state index contributed by atoms with van der Waals surface area (Å²) in [6, 6.07) is 16.9. The lowest BCUT2D eigenvalue weighted by Gasteiger charge is -2.30. The molecule has 0 unspecified atom stereocenters. The van der Waals surface area contributed by atoms with Gasteiger partial charge in [-0.15, -0.1) is 0 Å². The molecule has 0 N–H and O–H groups in total. The van der Waals surface area contributed by atoms with Gasteiger partial charge in [0.05, 0.1) is 10.8 Å². The average molecular weight is 370 g/mol. The molecule has 0 aromatic heterocycles. The fraction of sp³-hybridized carbons (Fsp3) is 0.350. The van der Waals surface area contributed by atoms with Crippen molar-refractivity contribution >= 4 is 15.9 Å². The molecule has 4 rings (SSSR count). The molecule has 5 nitrogen and oxygen atoms in total. The van der Waals surface area contributed by atoms with E-state index in [-0.39, 0.29) is 29.2 Å². The van der Waals surface area contributed by atoms with Gasteiger partial charge in [-0.25, -0.2) is 8.42 Å². The fourth-order valence-corrected chi connectivity index (χ4v) is 5.47. The number of amides is 1. The van der Waals surface area contributed by atoms with E-state index in [0.29, 0.717) is 13.1 Å². The summed E-state index contributed by atoms with van der Waals surface area (Å²) in [7, 11) is -1.78. The van der Waals surface area contributed by atoms with Crippen LogP contribution in [0, 0.1) is 11.8 Å². The third-order valence-corrected chi connectivity index (χ3v) is 7.38. The van der Waals surface area contributed by atoms with Gasteiger partial charge in [0, 0.05) is 26.7 Å². The Morgan fingerprint density at radius 3 is 2.27 bits per heavy atom. The summed E-state index contributed by atoms with van der Waals surface area (Å²) >= 11 is 0. The monoisotopic (exact) mass is 370 g/mol. The first kappa shape index (κ1) is 17.2. The first-order valence-corrected chi connectivity index (χ1v) is 10.3. The SMILES string of the molecule is CN1CC[C@@H]2CN(S(=O)(=O)c3ccc(-c4ccccc4)cc3)C[C@@H]2C1=O. The number of sulfonamides is 1. The van der Waals surface area contributed by atoms with Crippen molar-refractivity contribution in [3.8, 4) is 11.1 Å². The number of piperidine rings is 1. The number of hydrogen-bond donors (Lipinski definition) is 0. The molecule has 2 aliphatic rings. The molecule has 0 bridgehead atoms. The minimum Gasteiger partial charge on any atom is -0.345 e. The van der Waals surface area contributed by atoms with Crippen molar-refractivity contribution in [2.24, 2.45) is 11.8 Å². The van der Waals surface area contributed by atoms with Crippen molar-refractivity contribution in [1.82, 2.24) is 9.21 Å². The normalized spacial score (nSPS) is 23.9. The van der Waals surface area contributed by atoms with Gasteiger partial charge in [0.25, 0.3) is 0 Å². The highest BCUT2D eigenvalue weighted by molar-refractivity contribution is 7.89. The molecule has 0 radical (unpaired) electrons. The molecule has 0 saturated carbocycles. The molecule has 2 aromatic rings. The lowest BCUT2D eigenvalue weighted by atomic mass is 9.88. The molecule has 26 heavy (non-hydrogen) atoms. The van der Waals surface area contributed by atoms with Crippen LogP contribution in [0.5, 0.6) is 0 Å². The first-order valence-electron chi connectivity index (χ1n) is 8.87. The molecule has 2 aromatic carbocycles. The molecular formula is C20H22N2O3S. The Labute approximate surface area is 154 Å². The Bertz CT molecular complexity index is 910. The van der Waals surface area contributed by atoms with E-state index >= 15 is 0 Å². The van der Waals surface area contributed by atoms with E-state index in [2.05, 4.69) is 0 Å².